The minimum atomic E-state index is -0.707. The summed E-state index contributed by atoms with van der Waals surface area (Å²) in [6, 6.07) is 11.9. The van der Waals surface area contributed by atoms with E-state index in [4.69, 9.17) is 9.15 Å². The standard InChI is InChI=1S/C20H16BrNO5/c1-11-16-9-14(21)5-8-17(16)27-19(11)20(25)26-10-18(24)22-15-6-3-13(4-7-15)12(2)23/h3-9H,10H2,1-2H3,(H,22,24). The number of fused-ring (bicyclic) bond motifs is 1. The minimum Gasteiger partial charge on any atom is -0.450 e. The van der Waals surface area contributed by atoms with E-state index in [1.807, 2.05) is 12.1 Å². The average molecular weight is 430 g/mol. The molecule has 1 heterocycles. The number of anilines is 1. The highest BCUT2D eigenvalue weighted by Gasteiger charge is 2.20. The number of ketones is 1. The van der Waals surface area contributed by atoms with Crippen molar-refractivity contribution < 1.29 is 23.5 Å². The molecule has 0 saturated heterocycles. The van der Waals surface area contributed by atoms with E-state index >= 15 is 0 Å². The number of hydrogen-bond acceptors (Lipinski definition) is 5. The smallest absolute Gasteiger partial charge is 0.375 e. The Hall–Kier alpha value is -2.93. The molecule has 3 rings (SSSR count). The van der Waals surface area contributed by atoms with E-state index in [0.717, 1.165) is 9.86 Å². The first-order chi connectivity index (χ1) is 12.8. The topological polar surface area (TPSA) is 85.6 Å². The molecular formula is C20H16BrNO5. The molecule has 1 amide bonds. The van der Waals surface area contributed by atoms with E-state index in [1.165, 1.54) is 6.92 Å². The number of furan rings is 1. The van der Waals surface area contributed by atoms with Gasteiger partial charge in [0.05, 0.1) is 0 Å². The predicted octanol–water partition coefficient (Wildman–Crippen LogP) is 4.50. The summed E-state index contributed by atoms with van der Waals surface area (Å²) < 4.78 is 11.5. The first-order valence-electron chi connectivity index (χ1n) is 8.12. The van der Waals surface area contributed by atoms with Gasteiger partial charge >= 0.3 is 5.97 Å². The summed E-state index contributed by atoms with van der Waals surface area (Å²) in [6.07, 6.45) is 0. The van der Waals surface area contributed by atoms with Crippen molar-refractivity contribution in [1.29, 1.82) is 0 Å². The number of aryl methyl sites for hydroxylation is 1. The minimum absolute atomic E-state index is 0.0601. The van der Waals surface area contributed by atoms with Gasteiger partial charge in [0.25, 0.3) is 5.91 Å². The van der Waals surface area contributed by atoms with Crippen molar-refractivity contribution in [2.24, 2.45) is 0 Å². The molecule has 138 valence electrons. The number of hydrogen-bond donors (Lipinski definition) is 1. The lowest BCUT2D eigenvalue weighted by Gasteiger charge is -2.06. The molecule has 0 spiro atoms. The summed E-state index contributed by atoms with van der Waals surface area (Å²) in [4.78, 5) is 35.5. The fourth-order valence-corrected chi connectivity index (χ4v) is 2.93. The molecule has 27 heavy (non-hydrogen) atoms. The predicted molar refractivity (Wildman–Crippen MR) is 104 cm³/mol. The molecule has 0 aliphatic rings. The van der Waals surface area contributed by atoms with Gasteiger partial charge in [-0.1, -0.05) is 15.9 Å². The Morgan fingerprint density at radius 1 is 1.11 bits per heavy atom. The number of nitrogens with one attached hydrogen (secondary N) is 1. The fraction of sp³-hybridized carbons (Fsp3) is 0.150. The third-order valence-electron chi connectivity index (χ3n) is 3.99. The average Bonchev–Trinajstić information content (AvgIpc) is 2.96. The Labute approximate surface area is 163 Å². The van der Waals surface area contributed by atoms with Crippen molar-refractivity contribution >= 4 is 50.2 Å². The molecule has 0 unspecified atom stereocenters. The highest BCUT2D eigenvalue weighted by atomic mass is 79.9. The normalized spacial score (nSPS) is 10.6. The summed E-state index contributed by atoms with van der Waals surface area (Å²) >= 11 is 3.38. The van der Waals surface area contributed by atoms with Crippen molar-refractivity contribution in [2.45, 2.75) is 13.8 Å². The van der Waals surface area contributed by atoms with E-state index < -0.39 is 18.5 Å². The molecule has 0 bridgehead atoms. The second-order valence-electron chi connectivity index (χ2n) is 5.95. The van der Waals surface area contributed by atoms with Gasteiger partial charge in [0, 0.05) is 26.7 Å². The van der Waals surface area contributed by atoms with Crippen molar-refractivity contribution in [3.8, 4) is 0 Å². The maximum Gasteiger partial charge on any atom is 0.375 e. The van der Waals surface area contributed by atoms with Gasteiger partial charge in [-0.15, -0.1) is 0 Å². The van der Waals surface area contributed by atoms with E-state index in [0.29, 0.717) is 22.4 Å². The Morgan fingerprint density at radius 3 is 2.48 bits per heavy atom. The van der Waals surface area contributed by atoms with Gasteiger partial charge < -0.3 is 14.5 Å². The van der Waals surface area contributed by atoms with Crippen molar-refractivity contribution in [3.05, 3.63) is 63.8 Å². The van der Waals surface area contributed by atoms with Crippen LogP contribution in [0.1, 0.15) is 33.4 Å². The highest BCUT2D eigenvalue weighted by Crippen LogP contribution is 2.28. The zero-order valence-electron chi connectivity index (χ0n) is 14.7. The number of rotatable bonds is 5. The Kier molecular flexibility index (Phi) is 5.41. The molecule has 0 aliphatic heterocycles. The van der Waals surface area contributed by atoms with Gasteiger partial charge in [-0.05, 0) is 56.3 Å². The maximum absolute atomic E-state index is 12.3. The molecular weight excluding hydrogens is 414 g/mol. The molecule has 1 N–H and O–H groups in total. The summed E-state index contributed by atoms with van der Waals surface area (Å²) in [5.41, 5.74) is 2.27. The van der Waals surface area contributed by atoms with Gasteiger partial charge in [-0.25, -0.2) is 4.79 Å². The highest BCUT2D eigenvalue weighted by molar-refractivity contribution is 9.10. The number of benzene rings is 2. The van der Waals surface area contributed by atoms with Crippen LogP contribution in [-0.2, 0) is 9.53 Å². The number of Topliss-reactive ketones (excluding diaryl/α,β-unsaturated/α-hetero) is 1. The molecule has 0 radical (unpaired) electrons. The number of halogens is 1. The number of carbonyl (C=O) groups excluding carboxylic acids is 3. The van der Waals surface area contributed by atoms with Crippen molar-refractivity contribution in [3.63, 3.8) is 0 Å². The summed E-state index contributed by atoms with van der Waals surface area (Å²) in [5, 5.41) is 3.40. The second-order valence-corrected chi connectivity index (χ2v) is 6.87. The van der Waals surface area contributed by atoms with Crippen LogP contribution in [0, 0.1) is 6.92 Å². The van der Waals surface area contributed by atoms with Crippen LogP contribution in [0.2, 0.25) is 0 Å². The van der Waals surface area contributed by atoms with Gasteiger partial charge in [-0.2, -0.15) is 0 Å². The SMILES string of the molecule is CC(=O)c1ccc(NC(=O)COC(=O)c2oc3ccc(Br)cc3c2C)cc1. The largest absolute Gasteiger partial charge is 0.450 e. The van der Waals surface area contributed by atoms with Crippen molar-refractivity contribution in [2.75, 3.05) is 11.9 Å². The van der Waals surface area contributed by atoms with Crippen LogP contribution in [0.4, 0.5) is 5.69 Å². The first kappa shape index (κ1) is 18.8. The number of ether oxygens (including phenoxy) is 1. The first-order valence-corrected chi connectivity index (χ1v) is 8.91. The van der Waals surface area contributed by atoms with Gasteiger partial charge in [-0.3, -0.25) is 9.59 Å². The van der Waals surface area contributed by atoms with E-state index in [1.54, 1.807) is 37.3 Å². The lowest BCUT2D eigenvalue weighted by atomic mass is 10.1. The summed E-state index contributed by atoms with van der Waals surface area (Å²) in [5.74, 6) is -1.19. The van der Waals surface area contributed by atoms with Crippen LogP contribution in [0.5, 0.6) is 0 Å². The number of esters is 1. The van der Waals surface area contributed by atoms with Crippen LogP contribution < -0.4 is 5.32 Å². The van der Waals surface area contributed by atoms with Gasteiger partial charge in [0.2, 0.25) is 5.76 Å². The molecule has 3 aromatic rings. The van der Waals surface area contributed by atoms with Crippen molar-refractivity contribution in [1.82, 2.24) is 0 Å². The zero-order valence-corrected chi connectivity index (χ0v) is 16.3. The lowest BCUT2D eigenvalue weighted by Crippen LogP contribution is -2.21. The third kappa shape index (κ3) is 4.25. The Morgan fingerprint density at radius 2 is 1.81 bits per heavy atom. The van der Waals surface area contributed by atoms with Crippen LogP contribution in [0.3, 0.4) is 0 Å². The molecule has 2 aromatic carbocycles. The third-order valence-corrected chi connectivity index (χ3v) is 4.49. The molecule has 0 fully saturated rings. The van der Waals surface area contributed by atoms with E-state index in [9.17, 15) is 14.4 Å². The van der Waals surface area contributed by atoms with Crippen LogP contribution >= 0.6 is 15.9 Å². The summed E-state index contributed by atoms with van der Waals surface area (Å²) in [7, 11) is 0. The Bertz CT molecular complexity index is 1040. The summed E-state index contributed by atoms with van der Waals surface area (Å²) in [6.45, 7) is 2.77. The maximum atomic E-state index is 12.3. The molecule has 0 atom stereocenters. The Balaban J connectivity index is 1.62. The second kappa shape index (κ2) is 7.75. The molecule has 0 saturated carbocycles. The molecule has 7 heteroatoms. The monoisotopic (exact) mass is 429 g/mol. The number of amides is 1. The molecule has 1 aromatic heterocycles. The van der Waals surface area contributed by atoms with Crippen LogP contribution in [0.25, 0.3) is 11.0 Å². The number of carbonyl (C=O) groups is 3. The van der Waals surface area contributed by atoms with Gasteiger partial charge in [0.1, 0.15) is 5.58 Å². The van der Waals surface area contributed by atoms with E-state index in [2.05, 4.69) is 21.2 Å². The molecule has 0 aliphatic carbocycles. The lowest BCUT2D eigenvalue weighted by molar-refractivity contribution is -0.119. The van der Waals surface area contributed by atoms with Gasteiger partial charge in [0.15, 0.2) is 12.4 Å². The quantitative estimate of drug-likeness (QED) is 0.476. The fourth-order valence-electron chi connectivity index (χ4n) is 2.57. The van der Waals surface area contributed by atoms with E-state index in [-0.39, 0.29) is 11.5 Å². The van der Waals surface area contributed by atoms with Crippen LogP contribution in [0.15, 0.2) is 51.4 Å². The molecule has 6 nitrogen and oxygen atoms in total. The van der Waals surface area contributed by atoms with Crippen LogP contribution in [-0.4, -0.2) is 24.3 Å². The zero-order chi connectivity index (χ0) is 19.6.